The van der Waals surface area contributed by atoms with E-state index in [1.165, 1.54) is 12.4 Å². The molecule has 0 spiro atoms. The highest BCUT2D eigenvalue weighted by Crippen LogP contribution is 2.32. The number of ether oxygens (including phenoxy) is 3. The van der Waals surface area contributed by atoms with E-state index in [-0.39, 0.29) is 12.0 Å². The molecule has 2 aromatic heterocycles. The molecule has 4 heterocycles. The number of sulfonamides is 1. The van der Waals surface area contributed by atoms with Gasteiger partial charge in [0.05, 0.1) is 30.1 Å². The van der Waals surface area contributed by atoms with Gasteiger partial charge in [0.1, 0.15) is 11.9 Å². The summed E-state index contributed by atoms with van der Waals surface area (Å²) < 4.78 is 47.8. The quantitative estimate of drug-likeness (QED) is 0.624. The van der Waals surface area contributed by atoms with E-state index in [9.17, 15) is 8.42 Å². The molecule has 0 radical (unpaired) electrons. The van der Waals surface area contributed by atoms with Crippen molar-refractivity contribution in [1.29, 1.82) is 0 Å². The maximum atomic E-state index is 13.2. The zero-order chi connectivity index (χ0) is 22.7. The Morgan fingerprint density at radius 3 is 2.47 bits per heavy atom. The summed E-state index contributed by atoms with van der Waals surface area (Å²) in [6.07, 6.45) is 3.94. The van der Waals surface area contributed by atoms with Crippen molar-refractivity contribution in [1.82, 2.24) is 24.7 Å². The standard InChI is InChI=1S/C19H27ClN6O5S/c1-12(17-21-9-14(20)10-22-17)13(2)32(27,28)25-19-24-23-18(16-11-30-7-8-31-16)26(19)15-3-5-29-6-4-15/h9-10,12-13,15-16H,3-8,11H2,1-2H3,(H,24,25)/t12-,13-,16-/m0/s1. The van der Waals surface area contributed by atoms with Gasteiger partial charge in [-0.1, -0.05) is 18.5 Å². The molecule has 2 aliphatic heterocycles. The minimum absolute atomic E-state index is 0.00990. The predicted molar refractivity (Wildman–Crippen MR) is 116 cm³/mol. The lowest BCUT2D eigenvalue weighted by molar-refractivity contribution is -0.0956. The van der Waals surface area contributed by atoms with Gasteiger partial charge in [0, 0.05) is 37.6 Å². The summed E-state index contributed by atoms with van der Waals surface area (Å²) >= 11 is 5.85. The third-order valence-corrected chi connectivity index (χ3v) is 7.91. The topological polar surface area (TPSA) is 130 Å². The summed E-state index contributed by atoms with van der Waals surface area (Å²) in [5.41, 5.74) is 0. The monoisotopic (exact) mass is 486 g/mol. The molecule has 0 bridgehead atoms. The fourth-order valence-electron chi connectivity index (χ4n) is 3.79. The van der Waals surface area contributed by atoms with Crippen LogP contribution in [0.1, 0.15) is 56.4 Å². The summed E-state index contributed by atoms with van der Waals surface area (Å²) in [5, 5.41) is 8.00. The van der Waals surface area contributed by atoms with Gasteiger partial charge in [-0.3, -0.25) is 9.29 Å². The molecule has 2 aliphatic rings. The lowest BCUT2D eigenvalue weighted by Crippen LogP contribution is -2.33. The lowest BCUT2D eigenvalue weighted by atomic mass is 10.1. The molecule has 0 unspecified atom stereocenters. The van der Waals surface area contributed by atoms with Crippen LogP contribution in [-0.2, 0) is 24.2 Å². The third-order valence-electron chi connectivity index (χ3n) is 5.86. The second-order valence-electron chi connectivity index (χ2n) is 7.93. The number of rotatable bonds is 7. The number of nitrogens with one attached hydrogen (secondary N) is 1. The predicted octanol–water partition coefficient (Wildman–Crippen LogP) is 2.09. The van der Waals surface area contributed by atoms with Crippen molar-refractivity contribution < 1.29 is 22.6 Å². The first-order chi connectivity index (χ1) is 15.4. The van der Waals surface area contributed by atoms with Crippen LogP contribution in [0.15, 0.2) is 12.4 Å². The van der Waals surface area contributed by atoms with Gasteiger partial charge in [-0.25, -0.2) is 18.4 Å². The Labute approximate surface area is 191 Å². The number of nitrogens with zero attached hydrogens (tertiary/aromatic N) is 5. The summed E-state index contributed by atoms with van der Waals surface area (Å²) in [6.45, 7) is 5.84. The molecular weight excluding hydrogens is 460 g/mol. The van der Waals surface area contributed by atoms with E-state index in [1.807, 2.05) is 4.57 Å². The van der Waals surface area contributed by atoms with Gasteiger partial charge < -0.3 is 14.2 Å². The minimum atomic E-state index is -3.84. The first-order valence-electron chi connectivity index (χ1n) is 10.6. The van der Waals surface area contributed by atoms with Crippen LogP contribution in [0.2, 0.25) is 5.02 Å². The molecule has 0 aliphatic carbocycles. The molecule has 3 atom stereocenters. The van der Waals surface area contributed by atoms with Crippen LogP contribution in [0.4, 0.5) is 5.95 Å². The normalized spacial score (nSPS) is 22.4. The summed E-state index contributed by atoms with van der Waals surface area (Å²) in [4.78, 5) is 8.33. The fourth-order valence-corrected chi connectivity index (χ4v) is 5.13. The van der Waals surface area contributed by atoms with E-state index in [4.69, 9.17) is 25.8 Å². The highest BCUT2D eigenvalue weighted by Gasteiger charge is 2.34. The number of anilines is 1. The van der Waals surface area contributed by atoms with E-state index < -0.39 is 27.3 Å². The van der Waals surface area contributed by atoms with Crippen molar-refractivity contribution in [2.24, 2.45) is 0 Å². The third kappa shape index (κ3) is 5.04. The molecule has 4 rings (SSSR count). The van der Waals surface area contributed by atoms with E-state index in [0.717, 1.165) is 12.8 Å². The molecule has 176 valence electrons. The number of halogens is 1. The number of hydrogen-bond acceptors (Lipinski definition) is 9. The van der Waals surface area contributed by atoms with Gasteiger partial charge in [-0.2, -0.15) is 0 Å². The van der Waals surface area contributed by atoms with Gasteiger partial charge in [-0.05, 0) is 19.8 Å². The Morgan fingerprint density at radius 2 is 1.81 bits per heavy atom. The fraction of sp³-hybridized carbons (Fsp3) is 0.684. The summed E-state index contributed by atoms with van der Waals surface area (Å²) in [6, 6.07) is -0.00990. The van der Waals surface area contributed by atoms with Gasteiger partial charge in [0.25, 0.3) is 0 Å². The zero-order valence-corrected chi connectivity index (χ0v) is 19.5. The molecule has 32 heavy (non-hydrogen) atoms. The van der Waals surface area contributed by atoms with Crippen molar-refractivity contribution >= 4 is 27.6 Å². The van der Waals surface area contributed by atoms with Crippen LogP contribution < -0.4 is 4.72 Å². The average molecular weight is 487 g/mol. The number of aromatic nitrogens is 5. The van der Waals surface area contributed by atoms with Gasteiger partial charge >= 0.3 is 0 Å². The highest BCUT2D eigenvalue weighted by atomic mass is 35.5. The Bertz CT molecular complexity index is 1010. The van der Waals surface area contributed by atoms with Crippen molar-refractivity contribution in [3.05, 3.63) is 29.1 Å². The Balaban J connectivity index is 1.60. The SMILES string of the molecule is C[C@H](c1ncc(Cl)cn1)[C@H](C)S(=O)(=O)Nc1nnc([C@@H]2COCCO2)n1C1CCOCC1. The average Bonchev–Trinajstić information content (AvgIpc) is 3.22. The Hall–Kier alpha value is -1.86. The first kappa shape index (κ1) is 23.3. The molecule has 13 heteroatoms. The van der Waals surface area contributed by atoms with Crippen LogP contribution in [-0.4, -0.2) is 71.4 Å². The molecule has 2 saturated heterocycles. The Kier molecular flexibility index (Phi) is 7.25. The molecule has 2 aromatic rings. The number of hydrogen-bond donors (Lipinski definition) is 1. The molecule has 1 N–H and O–H groups in total. The van der Waals surface area contributed by atoms with Crippen molar-refractivity contribution in [2.45, 2.75) is 50.0 Å². The molecule has 0 amide bonds. The Morgan fingerprint density at radius 1 is 1.09 bits per heavy atom. The summed E-state index contributed by atoms with van der Waals surface area (Å²) in [7, 11) is -3.84. The van der Waals surface area contributed by atoms with E-state index in [1.54, 1.807) is 13.8 Å². The second kappa shape index (κ2) is 9.96. The van der Waals surface area contributed by atoms with Gasteiger partial charge in [0.15, 0.2) is 5.82 Å². The summed E-state index contributed by atoms with van der Waals surface area (Å²) in [5.74, 6) is 0.638. The minimum Gasteiger partial charge on any atom is -0.381 e. The van der Waals surface area contributed by atoms with Crippen LogP contribution >= 0.6 is 11.6 Å². The second-order valence-corrected chi connectivity index (χ2v) is 10.4. The highest BCUT2D eigenvalue weighted by molar-refractivity contribution is 7.93. The molecular formula is C19H27ClN6O5S. The first-order valence-corrected chi connectivity index (χ1v) is 12.5. The van der Waals surface area contributed by atoms with Gasteiger partial charge in [0.2, 0.25) is 16.0 Å². The van der Waals surface area contributed by atoms with Crippen molar-refractivity contribution in [3.63, 3.8) is 0 Å². The van der Waals surface area contributed by atoms with Crippen molar-refractivity contribution in [3.8, 4) is 0 Å². The molecule has 0 aromatic carbocycles. The largest absolute Gasteiger partial charge is 0.381 e. The zero-order valence-electron chi connectivity index (χ0n) is 18.0. The molecule has 2 fully saturated rings. The molecule has 11 nitrogen and oxygen atoms in total. The van der Waals surface area contributed by atoms with Crippen LogP contribution in [0.25, 0.3) is 0 Å². The van der Waals surface area contributed by atoms with E-state index >= 15 is 0 Å². The van der Waals surface area contributed by atoms with Gasteiger partial charge in [-0.15, -0.1) is 10.2 Å². The van der Waals surface area contributed by atoms with Crippen molar-refractivity contribution in [2.75, 3.05) is 37.8 Å². The van der Waals surface area contributed by atoms with Crippen LogP contribution in [0.5, 0.6) is 0 Å². The lowest BCUT2D eigenvalue weighted by Gasteiger charge is -2.29. The van der Waals surface area contributed by atoms with Crippen LogP contribution in [0.3, 0.4) is 0 Å². The maximum Gasteiger partial charge on any atom is 0.238 e. The van der Waals surface area contributed by atoms with E-state index in [2.05, 4.69) is 24.9 Å². The van der Waals surface area contributed by atoms with Crippen LogP contribution in [0, 0.1) is 0 Å². The molecule has 0 saturated carbocycles. The van der Waals surface area contributed by atoms with E-state index in [0.29, 0.717) is 49.7 Å². The smallest absolute Gasteiger partial charge is 0.238 e. The maximum absolute atomic E-state index is 13.2.